The lowest BCUT2D eigenvalue weighted by atomic mass is 9.84. The predicted octanol–water partition coefficient (Wildman–Crippen LogP) is 2.27. The zero-order chi connectivity index (χ0) is 11.6. The van der Waals surface area contributed by atoms with E-state index >= 15 is 0 Å². The van der Waals surface area contributed by atoms with Gasteiger partial charge in [-0.05, 0) is 35.7 Å². The van der Waals surface area contributed by atoms with Crippen LogP contribution in [-0.4, -0.2) is 10.2 Å². The molecule has 0 heterocycles. The monoisotopic (exact) mass is 214 g/mol. The van der Waals surface area contributed by atoms with Gasteiger partial charge in [0.15, 0.2) is 0 Å². The topological polar surface area (TPSA) is 40.5 Å². The van der Waals surface area contributed by atoms with Crippen molar-refractivity contribution in [2.24, 2.45) is 0 Å². The van der Waals surface area contributed by atoms with Gasteiger partial charge in [0.25, 0.3) is 0 Å². The molecule has 0 bridgehead atoms. The van der Waals surface area contributed by atoms with E-state index in [-0.39, 0.29) is 0 Å². The second-order valence-corrected chi connectivity index (χ2v) is 4.85. The van der Waals surface area contributed by atoms with E-state index in [1.807, 2.05) is 36.4 Å². The smallest absolute Gasteiger partial charge is 0.120 e. The molecule has 2 N–H and O–H groups in total. The Morgan fingerprint density at radius 3 is 1.69 bits per heavy atom. The average molecular weight is 214 g/mol. The molecule has 16 heavy (non-hydrogen) atoms. The number of hydrogen-bond donors (Lipinski definition) is 2. The molecule has 0 saturated heterocycles. The number of benzene rings is 2. The molecule has 0 radical (unpaired) electrons. The van der Waals surface area contributed by atoms with E-state index < -0.39 is 11.2 Å². The maximum atomic E-state index is 10.5. The molecule has 82 valence electrons. The third kappa shape index (κ3) is 0.896. The second-order valence-electron chi connectivity index (χ2n) is 4.85. The van der Waals surface area contributed by atoms with Crippen LogP contribution >= 0.6 is 0 Å². The minimum absolute atomic E-state index is 0.811. The van der Waals surface area contributed by atoms with Crippen LogP contribution in [0.3, 0.4) is 0 Å². The highest BCUT2D eigenvalue weighted by Gasteiger charge is 2.51. The normalized spacial score (nSPS) is 32.2. The van der Waals surface area contributed by atoms with Gasteiger partial charge in [-0.25, -0.2) is 0 Å². The van der Waals surface area contributed by atoms with Crippen molar-refractivity contribution < 1.29 is 10.2 Å². The summed E-state index contributed by atoms with van der Waals surface area (Å²) in [4.78, 5) is 0. The van der Waals surface area contributed by atoms with Gasteiger partial charge in [0.05, 0.1) is 0 Å². The van der Waals surface area contributed by atoms with E-state index in [0.717, 1.165) is 21.9 Å². The van der Waals surface area contributed by atoms with Crippen molar-refractivity contribution in [3.8, 4) is 0 Å². The molecule has 2 unspecified atom stereocenters. The van der Waals surface area contributed by atoms with E-state index in [2.05, 4.69) is 0 Å². The fraction of sp³-hybridized carbons (Fsp3) is 0.286. The standard InChI is InChI=1S/C14H14O2/c1-13(15)10-7-3-5-9-6-4-8-11(12(9)10)14(13,2)16/h3-8,15-16H,1-2H3. The molecule has 0 spiro atoms. The molecule has 0 fully saturated rings. The van der Waals surface area contributed by atoms with E-state index in [1.54, 1.807) is 13.8 Å². The quantitative estimate of drug-likeness (QED) is 0.706. The molecule has 0 amide bonds. The predicted molar refractivity (Wildman–Crippen MR) is 63.1 cm³/mol. The van der Waals surface area contributed by atoms with E-state index in [9.17, 15) is 10.2 Å². The fourth-order valence-electron chi connectivity index (χ4n) is 2.68. The van der Waals surface area contributed by atoms with Crippen molar-refractivity contribution in [2.75, 3.05) is 0 Å². The van der Waals surface area contributed by atoms with Crippen LogP contribution in [0.1, 0.15) is 25.0 Å². The molecule has 1 aliphatic rings. The van der Waals surface area contributed by atoms with Crippen LogP contribution in [0.5, 0.6) is 0 Å². The van der Waals surface area contributed by atoms with Gasteiger partial charge in [-0.3, -0.25) is 0 Å². The van der Waals surface area contributed by atoms with Gasteiger partial charge in [-0.15, -0.1) is 0 Å². The highest BCUT2D eigenvalue weighted by molar-refractivity contribution is 5.93. The van der Waals surface area contributed by atoms with Crippen LogP contribution in [0, 0.1) is 0 Å². The lowest BCUT2D eigenvalue weighted by Crippen LogP contribution is -2.40. The minimum Gasteiger partial charge on any atom is -0.382 e. The first-order valence-electron chi connectivity index (χ1n) is 5.44. The Bertz CT molecular complexity index is 534. The van der Waals surface area contributed by atoms with Gasteiger partial charge in [0.1, 0.15) is 11.2 Å². The molecule has 2 atom stereocenters. The summed E-state index contributed by atoms with van der Waals surface area (Å²) in [7, 11) is 0. The van der Waals surface area contributed by atoms with E-state index in [4.69, 9.17) is 0 Å². The Labute approximate surface area is 94.2 Å². The molecule has 1 aliphatic carbocycles. The van der Waals surface area contributed by atoms with Crippen molar-refractivity contribution in [3.05, 3.63) is 47.5 Å². The first-order valence-corrected chi connectivity index (χ1v) is 5.44. The van der Waals surface area contributed by atoms with Crippen LogP contribution in [0.2, 0.25) is 0 Å². The Kier molecular flexibility index (Phi) is 1.63. The van der Waals surface area contributed by atoms with E-state index in [0.29, 0.717) is 0 Å². The summed E-state index contributed by atoms with van der Waals surface area (Å²) in [6.45, 7) is 3.34. The second kappa shape index (κ2) is 2.65. The minimum atomic E-state index is -1.23. The summed E-state index contributed by atoms with van der Waals surface area (Å²) < 4.78 is 0. The summed E-state index contributed by atoms with van der Waals surface area (Å²) in [5.41, 5.74) is -0.831. The molecule has 2 aromatic carbocycles. The van der Waals surface area contributed by atoms with Crippen LogP contribution in [0.15, 0.2) is 36.4 Å². The van der Waals surface area contributed by atoms with Gasteiger partial charge in [-0.2, -0.15) is 0 Å². The number of hydrogen-bond acceptors (Lipinski definition) is 2. The molecule has 0 saturated carbocycles. The lowest BCUT2D eigenvalue weighted by Gasteiger charge is -2.33. The largest absolute Gasteiger partial charge is 0.382 e. The number of aliphatic hydroxyl groups is 2. The van der Waals surface area contributed by atoms with Crippen LogP contribution in [-0.2, 0) is 11.2 Å². The molecule has 0 aromatic heterocycles. The third-order valence-electron chi connectivity index (χ3n) is 3.90. The van der Waals surface area contributed by atoms with E-state index in [1.165, 1.54) is 0 Å². The molecule has 3 rings (SSSR count). The summed E-state index contributed by atoms with van der Waals surface area (Å²) in [6.07, 6.45) is 0. The molecular weight excluding hydrogens is 200 g/mol. The van der Waals surface area contributed by atoms with Gasteiger partial charge < -0.3 is 10.2 Å². The van der Waals surface area contributed by atoms with Crippen LogP contribution in [0.4, 0.5) is 0 Å². The molecule has 2 aromatic rings. The summed E-state index contributed by atoms with van der Waals surface area (Å²) in [5, 5.41) is 23.1. The van der Waals surface area contributed by atoms with Gasteiger partial charge in [0, 0.05) is 0 Å². The Morgan fingerprint density at radius 1 is 0.812 bits per heavy atom. The molecule has 2 heteroatoms. The maximum absolute atomic E-state index is 10.5. The van der Waals surface area contributed by atoms with Crippen LogP contribution in [0.25, 0.3) is 10.8 Å². The summed E-state index contributed by atoms with van der Waals surface area (Å²) in [5.74, 6) is 0. The average Bonchev–Trinajstić information content (AvgIpc) is 2.40. The maximum Gasteiger partial charge on any atom is 0.120 e. The van der Waals surface area contributed by atoms with Crippen molar-refractivity contribution in [1.29, 1.82) is 0 Å². The van der Waals surface area contributed by atoms with Gasteiger partial charge in [-0.1, -0.05) is 36.4 Å². The van der Waals surface area contributed by atoms with Gasteiger partial charge in [0.2, 0.25) is 0 Å². The fourth-order valence-corrected chi connectivity index (χ4v) is 2.68. The summed E-state index contributed by atoms with van der Waals surface area (Å²) >= 11 is 0. The SMILES string of the molecule is CC1(O)c2cccc3cccc(c23)C1(C)O. The summed E-state index contributed by atoms with van der Waals surface area (Å²) in [6, 6.07) is 11.6. The van der Waals surface area contributed by atoms with Crippen LogP contribution < -0.4 is 0 Å². The van der Waals surface area contributed by atoms with Gasteiger partial charge >= 0.3 is 0 Å². The first kappa shape index (κ1) is 9.82. The van der Waals surface area contributed by atoms with Crippen molar-refractivity contribution in [1.82, 2.24) is 0 Å². The Balaban J connectivity index is 2.54. The first-order chi connectivity index (χ1) is 7.46. The number of rotatable bonds is 0. The molecule has 2 nitrogen and oxygen atoms in total. The lowest BCUT2D eigenvalue weighted by molar-refractivity contribution is -0.135. The zero-order valence-electron chi connectivity index (χ0n) is 9.36. The third-order valence-corrected chi connectivity index (χ3v) is 3.90. The zero-order valence-corrected chi connectivity index (χ0v) is 9.36. The molecular formula is C14H14O2. The Hall–Kier alpha value is -1.38. The van der Waals surface area contributed by atoms with Crippen molar-refractivity contribution >= 4 is 10.8 Å². The molecule has 0 aliphatic heterocycles. The van der Waals surface area contributed by atoms with Crippen molar-refractivity contribution in [2.45, 2.75) is 25.0 Å². The highest BCUT2D eigenvalue weighted by atomic mass is 16.4. The highest BCUT2D eigenvalue weighted by Crippen LogP contribution is 2.51. The van der Waals surface area contributed by atoms with Crippen molar-refractivity contribution in [3.63, 3.8) is 0 Å². The Morgan fingerprint density at radius 2 is 1.25 bits per heavy atom.